The molecule has 1 spiro atoms. The fourth-order valence-electron chi connectivity index (χ4n) is 3.56. The number of carbonyl (C=O) groups is 2. The number of aryl methyl sites for hydroxylation is 1. The first-order chi connectivity index (χ1) is 9.54. The minimum Gasteiger partial charge on any atom is -0.481 e. The molecule has 1 amide bonds. The molecule has 2 aliphatic rings. The fourth-order valence-corrected chi connectivity index (χ4v) is 3.56. The Labute approximate surface area is 118 Å². The van der Waals surface area contributed by atoms with E-state index in [0.29, 0.717) is 6.54 Å². The first-order valence-electron chi connectivity index (χ1n) is 7.10. The van der Waals surface area contributed by atoms with Crippen LogP contribution in [0.2, 0.25) is 0 Å². The lowest BCUT2D eigenvalue weighted by molar-refractivity contribution is -0.138. The summed E-state index contributed by atoms with van der Waals surface area (Å²) in [5, 5.41) is 8.70. The molecule has 2 atom stereocenters. The second kappa shape index (κ2) is 4.62. The van der Waals surface area contributed by atoms with Gasteiger partial charge < -0.3 is 10.0 Å². The van der Waals surface area contributed by atoms with Gasteiger partial charge in [-0.05, 0) is 30.4 Å². The zero-order valence-electron chi connectivity index (χ0n) is 11.6. The average Bonchev–Trinajstić information content (AvgIpc) is 3.05. The Morgan fingerprint density at radius 3 is 2.90 bits per heavy atom. The Morgan fingerprint density at radius 1 is 1.40 bits per heavy atom. The molecule has 106 valence electrons. The molecule has 1 N–H and O–H groups in total. The van der Waals surface area contributed by atoms with Crippen molar-refractivity contribution in [3.05, 3.63) is 35.4 Å². The fraction of sp³-hybridized carbons (Fsp3) is 0.500. The van der Waals surface area contributed by atoms with Crippen LogP contribution in [0.25, 0.3) is 0 Å². The van der Waals surface area contributed by atoms with Gasteiger partial charge in [0.15, 0.2) is 0 Å². The Morgan fingerprint density at radius 2 is 2.15 bits per heavy atom. The molecule has 1 saturated carbocycles. The van der Waals surface area contributed by atoms with Crippen LogP contribution < -0.4 is 0 Å². The lowest BCUT2D eigenvalue weighted by atomic mass is 9.95. The van der Waals surface area contributed by atoms with E-state index < -0.39 is 5.97 Å². The average molecular weight is 273 g/mol. The molecule has 1 fully saturated rings. The molecule has 2 unspecified atom stereocenters. The van der Waals surface area contributed by atoms with Gasteiger partial charge >= 0.3 is 5.97 Å². The second-order valence-corrected chi connectivity index (χ2v) is 5.97. The quantitative estimate of drug-likeness (QED) is 0.910. The number of rotatable bonds is 4. The SMILES string of the molecule is CN(CCC(=O)O)C(=O)C1CC12CCc1ccccc12. The van der Waals surface area contributed by atoms with Crippen molar-refractivity contribution in [3.8, 4) is 0 Å². The van der Waals surface area contributed by atoms with E-state index >= 15 is 0 Å². The molecule has 1 aromatic carbocycles. The third-order valence-corrected chi connectivity index (χ3v) is 4.80. The molecule has 3 rings (SSSR count). The first kappa shape index (κ1) is 13.2. The highest BCUT2D eigenvalue weighted by Crippen LogP contribution is 2.61. The molecule has 0 aliphatic heterocycles. The zero-order chi connectivity index (χ0) is 14.3. The molecule has 20 heavy (non-hydrogen) atoms. The number of carboxylic acids is 1. The van der Waals surface area contributed by atoms with Crippen LogP contribution in [0.3, 0.4) is 0 Å². The van der Waals surface area contributed by atoms with E-state index in [0.717, 1.165) is 19.3 Å². The molecule has 4 heteroatoms. The topological polar surface area (TPSA) is 57.6 Å². The number of aliphatic carboxylic acids is 1. The Kier molecular flexibility index (Phi) is 3.04. The Hall–Kier alpha value is -1.84. The van der Waals surface area contributed by atoms with E-state index in [-0.39, 0.29) is 23.7 Å². The summed E-state index contributed by atoms with van der Waals surface area (Å²) in [5.41, 5.74) is 2.76. The standard InChI is InChI=1S/C16H19NO3/c1-17(9-7-14(18)19)15(20)13-10-16(13)8-6-11-4-2-3-5-12(11)16/h2-5,13H,6-10H2,1H3,(H,18,19). The summed E-state index contributed by atoms with van der Waals surface area (Å²) in [4.78, 5) is 24.6. The van der Waals surface area contributed by atoms with Gasteiger partial charge in [-0.1, -0.05) is 24.3 Å². The maximum atomic E-state index is 12.4. The van der Waals surface area contributed by atoms with Crippen LogP contribution in [0.5, 0.6) is 0 Å². The van der Waals surface area contributed by atoms with Gasteiger partial charge in [0.1, 0.15) is 0 Å². The Bertz CT molecular complexity index is 569. The largest absolute Gasteiger partial charge is 0.481 e. The van der Waals surface area contributed by atoms with Gasteiger partial charge in [-0.2, -0.15) is 0 Å². The lowest BCUT2D eigenvalue weighted by Crippen LogP contribution is -2.32. The van der Waals surface area contributed by atoms with Gasteiger partial charge in [-0.3, -0.25) is 9.59 Å². The van der Waals surface area contributed by atoms with E-state index in [9.17, 15) is 9.59 Å². The Balaban J connectivity index is 1.70. The van der Waals surface area contributed by atoms with Crippen LogP contribution in [-0.2, 0) is 21.4 Å². The van der Waals surface area contributed by atoms with Crippen molar-refractivity contribution in [2.75, 3.05) is 13.6 Å². The van der Waals surface area contributed by atoms with Crippen molar-refractivity contribution < 1.29 is 14.7 Å². The molecule has 1 aromatic rings. The van der Waals surface area contributed by atoms with Crippen molar-refractivity contribution in [3.63, 3.8) is 0 Å². The van der Waals surface area contributed by atoms with Crippen LogP contribution in [0.1, 0.15) is 30.4 Å². The van der Waals surface area contributed by atoms with E-state index in [1.54, 1.807) is 11.9 Å². The van der Waals surface area contributed by atoms with Gasteiger partial charge in [-0.25, -0.2) is 0 Å². The number of nitrogens with zero attached hydrogens (tertiary/aromatic N) is 1. The smallest absolute Gasteiger partial charge is 0.305 e. The van der Waals surface area contributed by atoms with Crippen molar-refractivity contribution in [2.24, 2.45) is 5.92 Å². The molecule has 0 bridgehead atoms. The van der Waals surface area contributed by atoms with Crippen LogP contribution in [-0.4, -0.2) is 35.5 Å². The number of hydrogen-bond donors (Lipinski definition) is 1. The number of benzene rings is 1. The minimum absolute atomic E-state index is 0.0124. The summed E-state index contributed by atoms with van der Waals surface area (Å²) < 4.78 is 0. The minimum atomic E-state index is -0.860. The van der Waals surface area contributed by atoms with E-state index in [1.165, 1.54) is 11.1 Å². The summed E-state index contributed by atoms with van der Waals surface area (Å²) in [7, 11) is 1.71. The van der Waals surface area contributed by atoms with E-state index in [4.69, 9.17) is 5.11 Å². The summed E-state index contributed by atoms with van der Waals surface area (Å²) >= 11 is 0. The highest BCUT2D eigenvalue weighted by molar-refractivity contribution is 5.85. The zero-order valence-corrected chi connectivity index (χ0v) is 11.6. The number of fused-ring (bicyclic) bond motifs is 2. The molecular weight excluding hydrogens is 254 g/mol. The third kappa shape index (κ3) is 1.99. The summed E-state index contributed by atoms with van der Waals surface area (Å²) in [5.74, 6) is -0.714. The first-order valence-corrected chi connectivity index (χ1v) is 7.10. The predicted molar refractivity (Wildman–Crippen MR) is 74.4 cm³/mol. The maximum Gasteiger partial charge on any atom is 0.305 e. The number of carboxylic acid groups (broad SMARTS) is 1. The highest BCUT2D eigenvalue weighted by atomic mass is 16.4. The van der Waals surface area contributed by atoms with Gasteiger partial charge in [0.2, 0.25) is 5.91 Å². The summed E-state index contributed by atoms with van der Waals surface area (Å²) in [6, 6.07) is 8.39. The van der Waals surface area contributed by atoms with Gasteiger partial charge in [0.05, 0.1) is 6.42 Å². The lowest BCUT2D eigenvalue weighted by Gasteiger charge is -2.18. The van der Waals surface area contributed by atoms with Crippen molar-refractivity contribution in [1.82, 2.24) is 4.90 Å². The predicted octanol–water partition coefficient (Wildman–Crippen LogP) is 1.82. The molecule has 0 heterocycles. The molecule has 4 nitrogen and oxygen atoms in total. The normalized spacial score (nSPS) is 26.4. The van der Waals surface area contributed by atoms with Crippen LogP contribution in [0.15, 0.2) is 24.3 Å². The molecule has 0 radical (unpaired) electrons. The molecule has 2 aliphatic carbocycles. The van der Waals surface area contributed by atoms with Gasteiger partial charge in [-0.15, -0.1) is 0 Å². The third-order valence-electron chi connectivity index (χ3n) is 4.80. The molecule has 0 saturated heterocycles. The van der Waals surface area contributed by atoms with Crippen molar-refractivity contribution in [2.45, 2.75) is 31.1 Å². The molecule has 0 aromatic heterocycles. The number of carbonyl (C=O) groups excluding carboxylic acids is 1. The van der Waals surface area contributed by atoms with Crippen LogP contribution >= 0.6 is 0 Å². The maximum absolute atomic E-state index is 12.4. The second-order valence-electron chi connectivity index (χ2n) is 5.97. The number of amides is 1. The van der Waals surface area contributed by atoms with Gasteiger partial charge in [0.25, 0.3) is 0 Å². The summed E-state index contributed by atoms with van der Waals surface area (Å²) in [6.45, 7) is 0.294. The van der Waals surface area contributed by atoms with Crippen molar-refractivity contribution in [1.29, 1.82) is 0 Å². The number of hydrogen-bond acceptors (Lipinski definition) is 2. The van der Waals surface area contributed by atoms with E-state index in [1.807, 2.05) is 6.07 Å². The van der Waals surface area contributed by atoms with Gasteiger partial charge in [0, 0.05) is 24.9 Å². The monoisotopic (exact) mass is 273 g/mol. The summed E-state index contributed by atoms with van der Waals surface area (Å²) in [6.07, 6.45) is 3.03. The van der Waals surface area contributed by atoms with Crippen LogP contribution in [0, 0.1) is 5.92 Å². The van der Waals surface area contributed by atoms with Crippen LogP contribution in [0.4, 0.5) is 0 Å². The van der Waals surface area contributed by atoms with Crippen molar-refractivity contribution >= 4 is 11.9 Å². The molecular formula is C16H19NO3. The van der Waals surface area contributed by atoms with E-state index in [2.05, 4.69) is 18.2 Å². The highest BCUT2D eigenvalue weighted by Gasteiger charge is 2.61.